The molecule has 2 aromatic heterocycles. The average Bonchev–Trinajstić information content (AvgIpc) is 3.15. The van der Waals surface area contributed by atoms with E-state index in [1.807, 2.05) is 17.8 Å². The van der Waals surface area contributed by atoms with Gasteiger partial charge < -0.3 is 9.88 Å². The van der Waals surface area contributed by atoms with Crippen LogP contribution in [-0.4, -0.2) is 25.2 Å². The second-order valence-electron chi connectivity index (χ2n) is 5.46. The quantitative estimate of drug-likeness (QED) is 0.750. The summed E-state index contributed by atoms with van der Waals surface area (Å²) in [4.78, 5) is 17.3. The van der Waals surface area contributed by atoms with Gasteiger partial charge in [-0.3, -0.25) is 9.48 Å². The Hall–Kier alpha value is -2.75. The second-order valence-corrected chi connectivity index (χ2v) is 6.50. The van der Waals surface area contributed by atoms with Gasteiger partial charge in [-0.05, 0) is 24.3 Å². The van der Waals surface area contributed by atoms with Gasteiger partial charge in [0, 0.05) is 43.3 Å². The lowest BCUT2D eigenvalue weighted by Gasteiger charge is -2.08. The van der Waals surface area contributed by atoms with Crippen LogP contribution in [0.2, 0.25) is 0 Å². The number of imidazole rings is 1. The third-order valence-electron chi connectivity index (χ3n) is 3.44. The van der Waals surface area contributed by atoms with E-state index in [4.69, 9.17) is 0 Å². The van der Waals surface area contributed by atoms with Crippen LogP contribution in [0.4, 0.5) is 18.9 Å². The predicted molar refractivity (Wildman–Crippen MR) is 89.9 cm³/mol. The number of aryl methyl sites for hydroxylation is 2. The van der Waals surface area contributed by atoms with Crippen LogP contribution in [0.15, 0.2) is 52.9 Å². The van der Waals surface area contributed by atoms with E-state index in [0.29, 0.717) is 5.69 Å². The van der Waals surface area contributed by atoms with Crippen molar-refractivity contribution in [2.24, 2.45) is 14.1 Å². The zero-order chi connectivity index (χ0) is 18.9. The number of benzene rings is 1. The summed E-state index contributed by atoms with van der Waals surface area (Å²) in [6.07, 6.45) is -0.147. The molecular weight excluding hydrogens is 367 g/mol. The first-order valence-electron chi connectivity index (χ1n) is 7.41. The maximum absolute atomic E-state index is 13.0. The monoisotopic (exact) mass is 381 g/mol. The fourth-order valence-corrected chi connectivity index (χ4v) is 3.03. The van der Waals surface area contributed by atoms with E-state index in [0.717, 1.165) is 20.9 Å². The van der Waals surface area contributed by atoms with E-state index in [2.05, 4.69) is 15.4 Å². The summed E-state index contributed by atoms with van der Waals surface area (Å²) in [5.74, 6) is -0.866. The van der Waals surface area contributed by atoms with Gasteiger partial charge >= 0.3 is 6.18 Å². The molecule has 6 nitrogen and oxygen atoms in total. The molecule has 0 spiro atoms. The third-order valence-corrected chi connectivity index (χ3v) is 4.52. The number of halogens is 3. The number of rotatable bonds is 4. The Kier molecular flexibility index (Phi) is 4.77. The molecule has 0 aliphatic rings. The molecule has 1 amide bonds. The number of carbonyl (C=O) groups excluding carboxylic acids is 1. The van der Waals surface area contributed by atoms with Crippen LogP contribution in [0.1, 0.15) is 16.1 Å². The van der Waals surface area contributed by atoms with Crippen molar-refractivity contribution in [2.75, 3.05) is 5.32 Å². The van der Waals surface area contributed by atoms with Gasteiger partial charge in [0.1, 0.15) is 0 Å². The van der Waals surface area contributed by atoms with Gasteiger partial charge in [-0.25, -0.2) is 4.98 Å². The topological polar surface area (TPSA) is 64.7 Å². The van der Waals surface area contributed by atoms with Crippen molar-refractivity contribution in [3.63, 3.8) is 0 Å². The highest BCUT2D eigenvalue weighted by molar-refractivity contribution is 7.99. The number of aromatic nitrogens is 4. The lowest BCUT2D eigenvalue weighted by molar-refractivity contribution is -0.141. The molecular formula is C16H14F3N5OS. The number of nitrogens with one attached hydrogen (secondary N) is 1. The zero-order valence-corrected chi connectivity index (χ0v) is 14.6. The van der Waals surface area contributed by atoms with Crippen LogP contribution in [0.5, 0.6) is 0 Å². The Labute approximate surface area is 151 Å². The number of hydrogen-bond acceptors (Lipinski definition) is 4. The summed E-state index contributed by atoms with van der Waals surface area (Å²) >= 11 is 1.43. The Morgan fingerprint density at radius 1 is 1.19 bits per heavy atom. The first kappa shape index (κ1) is 18.1. The maximum Gasteiger partial charge on any atom is 0.435 e. The van der Waals surface area contributed by atoms with Crippen molar-refractivity contribution in [1.82, 2.24) is 19.3 Å². The highest BCUT2D eigenvalue weighted by atomic mass is 32.2. The fourth-order valence-electron chi connectivity index (χ4n) is 2.22. The minimum Gasteiger partial charge on any atom is -0.329 e. The fraction of sp³-hybridized carbons (Fsp3) is 0.188. The first-order chi connectivity index (χ1) is 12.2. The Morgan fingerprint density at radius 2 is 1.88 bits per heavy atom. The molecule has 0 aliphatic carbocycles. The van der Waals surface area contributed by atoms with E-state index >= 15 is 0 Å². The summed E-state index contributed by atoms with van der Waals surface area (Å²) in [5.41, 5.74) is -1.35. The molecule has 0 aliphatic heterocycles. The summed E-state index contributed by atoms with van der Waals surface area (Å²) in [6, 6.07) is 6.74. The molecule has 1 aromatic carbocycles. The van der Waals surface area contributed by atoms with E-state index < -0.39 is 23.3 Å². The number of nitrogens with zero attached hydrogens (tertiary/aromatic N) is 4. The molecule has 26 heavy (non-hydrogen) atoms. The molecule has 0 saturated heterocycles. The molecule has 10 heteroatoms. The lowest BCUT2D eigenvalue weighted by Crippen LogP contribution is -2.17. The smallest absolute Gasteiger partial charge is 0.329 e. The molecule has 136 valence electrons. The van der Waals surface area contributed by atoms with Crippen molar-refractivity contribution in [2.45, 2.75) is 16.2 Å². The van der Waals surface area contributed by atoms with Gasteiger partial charge in [-0.2, -0.15) is 18.3 Å². The van der Waals surface area contributed by atoms with Gasteiger partial charge in [-0.1, -0.05) is 11.8 Å². The summed E-state index contributed by atoms with van der Waals surface area (Å²) in [6.45, 7) is 0. The highest BCUT2D eigenvalue weighted by Crippen LogP contribution is 2.31. The van der Waals surface area contributed by atoms with Gasteiger partial charge in [-0.15, -0.1) is 0 Å². The SMILES string of the molecule is Cn1cc(C(=O)Nc2ccc(Sc3nccn3C)cc2)c(C(F)(F)F)n1. The van der Waals surface area contributed by atoms with Crippen molar-refractivity contribution in [3.8, 4) is 0 Å². The molecule has 0 unspecified atom stereocenters. The molecule has 0 radical (unpaired) electrons. The van der Waals surface area contributed by atoms with Gasteiger partial charge in [0.2, 0.25) is 0 Å². The maximum atomic E-state index is 13.0. The summed E-state index contributed by atoms with van der Waals surface area (Å²) in [5, 5.41) is 6.58. The predicted octanol–water partition coefficient (Wildman–Crippen LogP) is 3.58. The standard InChI is InChI=1S/C16H14F3N5OS/c1-23-8-7-20-15(23)26-11-5-3-10(4-6-11)21-14(25)12-9-24(2)22-13(12)16(17,18)19/h3-9H,1-2H3,(H,21,25). The van der Waals surface area contributed by atoms with E-state index in [1.54, 1.807) is 30.5 Å². The lowest BCUT2D eigenvalue weighted by atomic mass is 10.2. The Bertz CT molecular complexity index is 930. The molecule has 3 aromatic rings. The number of amides is 1. The number of anilines is 1. The first-order valence-corrected chi connectivity index (χ1v) is 8.23. The van der Waals surface area contributed by atoms with Crippen LogP contribution < -0.4 is 5.32 Å². The zero-order valence-electron chi connectivity index (χ0n) is 13.8. The Morgan fingerprint density at radius 3 is 2.46 bits per heavy atom. The van der Waals surface area contributed by atoms with Crippen LogP contribution in [0, 0.1) is 0 Å². The number of carbonyl (C=O) groups is 1. The molecule has 0 bridgehead atoms. The average molecular weight is 381 g/mol. The summed E-state index contributed by atoms with van der Waals surface area (Å²) < 4.78 is 41.7. The van der Waals surface area contributed by atoms with Gasteiger partial charge in [0.05, 0.1) is 5.56 Å². The molecule has 0 atom stereocenters. The molecule has 3 rings (SSSR count). The third kappa shape index (κ3) is 3.90. The second kappa shape index (κ2) is 6.87. The largest absolute Gasteiger partial charge is 0.435 e. The van der Waals surface area contributed by atoms with Crippen molar-refractivity contribution < 1.29 is 18.0 Å². The van der Waals surface area contributed by atoms with Crippen LogP contribution in [0.3, 0.4) is 0 Å². The van der Waals surface area contributed by atoms with E-state index in [-0.39, 0.29) is 0 Å². The minimum absolute atomic E-state index is 0.385. The molecule has 0 fully saturated rings. The number of alkyl halides is 3. The normalized spacial score (nSPS) is 11.6. The highest BCUT2D eigenvalue weighted by Gasteiger charge is 2.38. The van der Waals surface area contributed by atoms with Crippen LogP contribution >= 0.6 is 11.8 Å². The molecule has 1 N–H and O–H groups in total. The van der Waals surface area contributed by atoms with Crippen LogP contribution in [0.25, 0.3) is 0 Å². The van der Waals surface area contributed by atoms with Crippen LogP contribution in [-0.2, 0) is 20.3 Å². The summed E-state index contributed by atoms with van der Waals surface area (Å²) in [7, 11) is 3.20. The van der Waals surface area contributed by atoms with Crippen molar-refractivity contribution in [3.05, 3.63) is 54.1 Å². The van der Waals surface area contributed by atoms with Crippen molar-refractivity contribution in [1.29, 1.82) is 0 Å². The van der Waals surface area contributed by atoms with E-state index in [9.17, 15) is 18.0 Å². The van der Waals surface area contributed by atoms with Gasteiger partial charge in [0.25, 0.3) is 5.91 Å². The number of hydrogen-bond donors (Lipinski definition) is 1. The van der Waals surface area contributed by atoms with E-state index in [1.165, 1.54) is 18.8 Å². The Balaban J connectivity index is 1.73. The minimum atomic E-state index is -4.70. The molecule has 2 heterocycles. The van der Waals surface area contributed by atoms with Crippen molar-refractivity contribution >= 4 is 23.4 Å². The molecule has 0 saturated carbocycles. The van der Waals surface area contributed by atoms with Gasteiger partial charge in [0.15, 0.2) is 10.9 Å².